The van der Waals surface area contributed by atoms with Gasteiger partial charge in [0.1, 0.15) is 11.4 Å². The van der Waals surface area contributed by atoms with E-state index in [4.69, 9.17) is 5.11 Å². The molecule has 0 saturated heterocycles. The molecule has 0 atom stereocenters. The first kappa shape index (κ1) is 14.0. The SMILES string of the molecule is CCN(CCO)C(=O)c1cc(F)ccc1[N+](=O)[O-]. The normalized spacial score (nSPS) is 10.2. The van der Waals surface area contributed by atoms with E-state index in [1.807, 2.05) is 0 Å². The van der Waals surface area contributed by atoms with Gasteiger partial charge in [0.15, 0.2) is 0 Å². The van der Waals surface area contributed by atoms with Crippen LogP contribution in [0.5, 0.6) is 0 Å². The number of likely N-dealkylation sites (N-methyl/N-ethyl adjacent to an activating group) is 1. The second-order valence-electron chi connectivity index (χ2n) is 3.53. The van der Waals surface area contributed by atoms with Gasteiger partial charge in [-0.05, 0) is 19.1 Å². The molecule has 0 aliphatic rings. The second kappa shape index (κ2) is 6.06. The van der Waals surface area contributed by atoms with E-state index in [0.717, 1.165) is 18.2 Å². The van der Waals surface area contributed by atoms with Crippen LogP contribution >= 0.6 is 0 Å². The van der Waals surface area contributed by atoms with E-state index in [0.29, 0.717) is 0 Å². The molecule has 0 radical (unpaired) electrons. The van der Waals surface area contributed by atoms with Crippen molar-refractivity contribution in [1.82, 2.24) is 4.90 Å². The quantitative estimate of drug-likeness (QED) is 0.633. The van der Waals surface area contributed by atoms with Crippen LogP contribution in [0.25, 0.3) is 0 Å². The number of carbonyl (C=O) groups excluding carboxylic acids is 1. The lowest BCUT2D eigenvalue weighted by Crippen LogP contribution is -2.33. The van der Waals surface area contributed by atoms with Gasteiger partial charge in [-0.25, -0.2) is 4.39 Å². The highest BCUT2D eigenvalue weighted by Gasteiger charge is 2.24. The van der Waals surface area contributed by atoms with Crippen molar-refractivity contribution >= 4 is 11.6 Å². The lowest BCUT2D eigenvalue weighted by molar-refractivity contribution is -0.385. The van der Waals surface area contributed by atoms with E-state index in [1.165, 1.54) is 4.90 Å². The molecule has 0 aliphatic carbocycles. The Morgan fingerprint density at radius 1 is 1.56 bits per heavy atom. The van der Waals surface area contributed by atoms with Gasteiger partial charge in [-0.1, -0.05) is 0 Å². The maximum Gasteiger partial charge on any atom is 0.282 e. The fraction of sp³-hybridized carbons (Fsp3) is 0.364. The number of carbonyl (C=O) groups is 1. The molecule has 0 aromatic heterocycles. The highest BCUT2D eigenvalue weighted by atomic mass is 19.1. The number of hydrogen-bond acceptors (Lipinski definition) is 4. The summed E-state index contributed by atoms with van der Waals surface area (Å²) < 4.78 is 13.1. The number of halogens is 1. The third-order valence-corrected chi connectivity index (χ3v) is 2.42. The first-order valence-corrected chi connectivity index (χ1v) is 5.35. The van der Waals surface area contributed by atoms with E-state index >= 15 is 0 Å². The van der Waals surface area contributed by atoms with Crippen LogP contribution in [-0.4, -0.2) is 40.5 Å². The standard InChI is InChI=1S/C11H13FN2O4/c1-2-13(5-6-15)11(16)9-7-8(12)3-4-10(9)14(17)18/h3-4,7,15H,2,5-6H2,1H3. The molecular formula is C11H13FN2O4. The Labute approximate surface area is 103 Å². The zero-order chi connectivity index (χ0) is 13.7. The first-order valence-electron chi connectivity index (χ1n) is 5.35. The van der Waals surface area contributed by atoms with Crippen LogP contribution in [0.4, 0.5) is 10.1 Å². The van der Waals surface area contributed by atoms with Crippen LogP contribution in [0.15, 0.2) is 18.2 Å². The van der Waals surface area contributed by atoms with E-state index < -0.39 is 22.3 Å². The maximum absolute atomic E-state index is 13.1. The number of aliphatic hydroxyl groups is 1. The monoisotopic (exact) mass is 256 g/mol. The average molecular weight is 256 g/mol. The Kier molecular flexibility index (Phi) is 4.73. The molecule has 1 rings (SSSR count). The summed E-state index contributed by atoms with van der Waals surface area (Å²) in [5, 5.41) is 19.6. The average Bonchev–Trinajstić information content (AvgIpc) is 2.34. The van der Waals surface area contributed by atoms with Crippen molar-refractivity contribution in [3.63, 3.8) is 0 Å². The van der Waals surface area contributed by atoms with Gasteiger partial charge in [-0.2, -0.15) is 0 Å². The molecule has 18 heavy (non-hydrogen) atoms. The number of amides is 1. The molecule has 6 nitrogen and oxygen atoms in total. The Morgan fingerprint density at radius 2 is 2.22 bits per heavy atom. The van der Waals surface area contributed by atoms with Gasteiger partial charge >= 0.3 is 0 Å². The smallest absolute Gasteiger partial charge is 0.282 e. The largest absolute Gasteiger partial charge is 0.395 e. The van der Waals surface area contributed by atoms with Crippen LogP contribution in [0.2, 0.25) is 0 Å². The van der Waals surface area contributed by atoms with E-state index in [2.05, 4.69) is 0 Å². The number of nitro benzene ring substituents is 1. The van der Waals surface area contributed by atoms with Crippen molar-refractivity contribution in [2.45, 2.75) is 6.92 Å². The number of nitro groups is 1. The van der Waals surface area contributed by atoms with Gasteiger partial charge in [-0.15, -0.1) is 0 Å². The van der Waals surface area contributed by atoms with Crippen LogP contribution in [0.3, 0.4) is 0 Å². The molecule has 7 heteroatoms. The van der Waals surface area contributed by atoms with E-state index in [-0.39, 0.29) is 25.3 Å². The van der Waals surface area contributed by atoms with Crippen LogP contribution < -0.4 is 0 Å². The summed E-state index contributed by atoms with van der Waals surface area (Å²) >= 11 is 0. The zero-order valence-corrected chi connectivity index (χ0v) is 9.80. The van der Waals surface area contributed by atoms with Gasteiger partial charge < -0.3 is 10.0 Å². The Morgan fingerprint density at radius 3 is 2.72 bits per heavy atom. The van der Waals surface area contributed by atoms with Gasteiger partial charge in [0, 0.05) is 19.2 Å². The number of benzene rings is 1. The Hall–Kier alpha value is -2.02. The minimum atomic E-state index is -0.737. The molecule has 1 aromatic carbocycles. The van der Waals surface area contributed by atoms with Crippen LogP contribution in [0.1, 0.15) is 17.3 Å². The number of nitrogens with zero attached hydrogens (tertiary/aromatic N) is 2. The summed E-state index contributed by atoms with van der Waals surface area (Å²) in [6.07, 6.45) is 0. The summed E-state index contributed by atoms with van der Waals surface area (Å²) in [5.74, 6) is -1.39. The van der Waals surface area contributed by atoms with Crippen LogP contribution in [0, 0.1) is 15.9 Å². The third-order valence-electron chi connectivity index (χ3n) is 2.42. The summed E-state index contributed by atoms with van der Waals surface area (Å²) in [5.41, 5.74) is -0.756. The number of aliphatic hydroxyl groups excluding tert-OH is 1. The van der Waals surface area contributed by atoms with Crippen molar-refractivity contribution in [1.29, 1.82) is 0 Å². The molecule has 1 N–H and O–H groups in total. The van der Waals surface area contributed by atoms with Gasteiger partial charge in [0.05, 0.1) is 11.5 Å². The lowest BCUT2D eigenvalue weighted by atomic mass is 10.1. The fourth-order valence-electron chi connectivity index (χ4n) is 1.53. The molecule has 0 saturated carbocycles. The van der Waals surface area contributed by atoms with Gasteiger partial charge in [-0.3, -0.25) is 14.9 Å². The van der Waals surface area contributed by atoms with E-state index in [9.17, 15) is 19.3 Å². The molecular weight excluding hydrogens is 243 g/mol. The number of rotatable bonds is 5. The first-order chi connectivity index (χ1) is 8.51. The highest BCUT2D eigenvalue weighted by Crippen LogP contribution is 2.21. The number of hydrogen-bond donors (Lipinski definition) is 1. The molecule has 1 aromatic rings. The molecule has 0 unspecified atom stereocenters. The molecule has 0 heterocycles. The zero-order valence-electron chi connectivity index (χ0n) is 9.80. The van der Waals surface area contributed by atoms with Crippen molar-refractivity contribution in [3.05, 3.63) is 39.7 Å². The van der Waals surface area contributed by atoms with Crippen molar-refractivity contribution in [3.8, 4) is 0 Å². The molecule has 1 amide bonds. The molecule has 0 aliphatic heterocycles. The maximum atomic E-state index is 13.1. The van der Waals surface area contributed by atoms with Gasteiger partial charge in [0.2, 0.25) is 0 Å². The van der Waals surface area contributed by atoms with Crippen molar-refractivity contribution < 1.29 is 19.2 Å². The molecule has 0 bridgehead atoms. The highest BCUT2D eigenvalue weighted by molar-refractivity contribution is 5.98. The van der Waals surface area contributed by atoms with Gasteiger partial charge in [0.25, 0.3) is 11.6 Å². The molecule has 0 spiro atoms. The molecule has 98 valence electrons. The minimum absolute atomic E-state index is 0.0446. The predicted octanol–water partition coefficient (Wildman–Crippen LogP) is 1.19. The van der Waals surface area contributed by atoms with E-state index in [1.54, 1.807) is 6.92 Å². The van der Waals surface area contributed by atoms with Crippen LogP contribution in [-0.2, 0) is 0 Å². The molecule has 0 fully saturated rings. The van der Waals surface area contributed by atoms with Crippen molar-refractivity contribution in [2.24, 2.45) is 0 Å². The minimum Gasteiger partial charge on any atom is -0.395 e. The second-order valence-corrected chi connectivity index (χ2v) is 3.53. The predicted molar refractivity (Wildman–Crippen MR) is 61.7 cm³/mol. The summed E-state index contributed by atoms with van der Waals surface area (Å²) in [4.78, 5) is 23.2. The summed E-state index contributed by atoms with van der Waals surface area (Å²) in [7, 11) is 0. The Bertz CT molecular complexity index is 464. The fourth-order valence-corrected chi connectivity index (χ4v) is 1.53. The third kappa shape index (κ3) is 3.01. The topological polar surface area (TPSA) is 83.7 Å². The van der Waals surface area contributed by atoms with Crippen molar-refractivity contribution in [2.75, 3.05) is 19.7 Å². The Balaban J connectivity index is 3.17. The summed E-state index contributed by atoms with van der Waals surface area (Å²) in [6.45, 7) is 1.72. The summed E-state index contributed by atoms with van der Waals surface area (Å²) in [6, 6.07) is 2.72. The lowest BCUT2D eigenvalue weighted by Gasteiger charge is -2.19.